The lowest BCUT2D eigenvalue weighted by atomic mass is 10.1. The highest BCUT2D eigenvalue weighted by Crippen LogP contribution is 2.34. The first-order valence-corrected chi connectivity index (χ1v) is 9.57. The monoisotopic (exact) mass is 427 g/mol. The van der Waals surface area contributed by atoms with Gasteiger partial charge in [0, 0.05) is 18.5 Å². The molecule has 4 rings (SSSR count). The summed E-state index contributed by atoms with van der Waals surface area (Å²) >= 11 is 6.15. The number of benzene rings is 1. The molecule has 1 aromatic carbocycles. The van der Waals surface area contributed by atoms with Crippen molar-refractivity contribution in [3.8, 4) is 0 Å². The van der Waals surface area contributed by atoms with Gasteiger partial charge in [-0.05, 0) is 29.1 Å². The Balaban J connectivity index is 1.67. The summed E-state index contributed by atoms with van der Waals surface area (Å²) in [5.41, 5.74) is 10.9. The van der Waals surface area contributed by atoms with E-state index in [1.165, 1.54) is 13.4 Å². The SMILES string of the molecule is CNC(=O)[C@@H]1C[C@H](N=[N+]=[N-])[C@H](n2cnc3c(NCc4ccccc4)nc(Cl)nc32)O1. The van der Waals surface area contributed by atoms with Crippen LogP contribution in [-0.2, 0) is 16.1 Å². The van der Waals surface area contributed by atoms with Crippen molar-refractivity contribution in [3.63, 3.8) is 0 Å². The van der Waals surface area contributed by atoms with Crippen molar-refractivity contribution >= 4 is 34.5 Å². The molecule has 1 aliphatic heterocycles. The van der Waals surface area contributed by atoms with Gasteiger partial charge in [0.25, 0.3) is 0 Å². The summed E-state index contributed by atoms with van der Waals surface area (Å²) in [6, 6.07) is 9.21. The Morgan fingerprint density at radius 1 is 1.40 bits per heavy atom. The first kappa shape index (κ1) is 19.9. The van der Waals surface area contributed by atoms with Crippen LogP contribution in [0.4, 0.5) is 5.82 Å². The van der Waals surface area contributed by atoms with Crippen molar-refractivity contribution in [1.29, 1.82) is 0 Å². The number of nitrogens with one attached hydrogen (secondary N) is 2. The first-order valence-electron chi connectivity index (χ1n) is 9.20. The lowest BCUT2D eigenvalue weighted by Gasteiger charge is -2.17. The third kappa shape index (κ3) is 3.86. The van der Waals surface area contributed by atoms with Gasteiger partial charge in [-0.25, -0.2) is 4.98 Å². The van der Waals surface area contributed by atoms with Crippen LogP contribution in [0.5, 0.6) is 0 Å². The zero-order valence-electron chi connectivity index (χ0n) is 15.9. The number of nitrogens with zero attached hydrogens (tertiary/aromatic N) is 7. The first-order chi connectivity index (χ1) is 14.6. The predicted octanol–water partition coefficient (Wildman–Crippen LogP) is 2.80. The fraction of sp³-hybridized carbons (Fsp3) is 0.333. The maximum Gasteiger partial charge on any atom is 0.248 e. The van der Waals surface area contributed by atoms with Gasteiger partial charge in [-0.1, -0.05) is 35.4 Å². The molecular weight excluding hydrogens is 410 g/mol. The molecule has 2 aromatic heterocycles. The largest absolute Gasteiger partial charge is 0.364 e. The molecule has 1 saturated heterocycles. The van der Waals surface area contributed by atoms with E-state index in [1.807, 2.05) is 30.3 Å². The number of hydrogen-bond acceptors (Lipinski definition) is 7. The molecular formula is C18H18ClN9O2. The minimum Gasteiger partial charge on any atom is -0.364 e. The Kier molecular flexibility index (Phi) is 5.66. The maximum absolute atomic E-state index is 12.0. The van der Waals surface area contributed by atoms with Crippen molar-refractivity contribution in [3.05, 3.63) is 57.9 Å². The summed E-state index contributed by atoms with van der Waals surface area (Å²) in [7, 11) is 1.52. The van der Waals surface area contributed by atoms with Crippen molar-refractivity contribution < 1.29 is 9.53 Å². The quantitative estimate of drug-likeness (QED) is 0.268. The summed E-state index contributed by atoms with van der Waals surface area (Å²) in [5, 5.41) is 9.58. The Labute approximate surface area is 176 Å². The van der Waals surface area contributed by atoms with Crippen LogP contribution in [-0.4, -0.2) is 44.6 Å². The molecule has 11 nitrogen and oxygen atoms in total. The van der Waals surface area contributed by atoms with E-state index in [1.54, 1.807) is 4.57 Å². The van der Waals surface area contributed by atoms with Crippen molar-refractivity contribution in [1.82, 2.24) is 24.8 Å². The highest BCUT2D eigenvalue weighted by Gasteiger charge is 2.40. The molecule has 1 aliphatic rings. The van der Waals surface area contributed by atoms with Gasteiger partial charge < -0.3 is 15.4 Å². The number of azide groups is 1. The lowest BCUT2D eigenvalue weighted by Crippen LogP contribution is -2.31. The maximum atomic E-state index is 12.0. The second kappa shape index (κ2) is 8.54. The van der Waals surface area contributed by atoms with E-state index >= 15 is 0 Å². The Morgan fingerprint density at radius 2 is 2.20 bits per heavy atom. The fourth-order valence-electron chi connectivity index (χ4n) is 3.38. The highest BCUT2D eigenvalue weighted by molar-refractivity contribution is 6.28. The number of anilines is 1. The number of fused-ring (bicyclic) bond motifs is 1. The number of carbonyl (C=O) groups is 1. The number of halogens is 1. The summed E-state index contributed by atoms with van der Waals surface area (Å²) < 4.78 is 7.47. The Bertz CT molecular complexity index is 1110. The van der Waals surface area contributed by atoms with E-state index in [0.29, 0.717) is 23.5 Å². The number of amides is 1. The average Bonchev–Trinajstić information content (AvgIpc) is 3.36. The highest BCUT2D eigenvalue weighted by atomic mass is 35.5. The molecule has 0 spiro atoms. The van der Waals surface area contributed by atoms with E-state index in [2.05, 4.69) is 35.6 Å². The van der Waals surface area contributed by atoms with Gasteiger partial charge in [-0.3, -0.25) is 9.36 Å². The normalized spacial score (nSPS) is 20.7. The molecule has 1 fully saturated rings. The van der Waals surface area contributed by atoms with E-state index in [-0.39, 0.29) is 17.6 Å². The van der Waals surface area contributed by atoms with Crippen LogP contribution in [0, 0.1) is 0 Å². The summed E-state index contributed by atoms with van der Waals surface area (Å²) in [5.74, 6) is 0.173. The van der Waals surface area contributed by atoms with Crippen molar-refractivity contribution in [2.75, 3.05) is 12.4 Å². The third-order valence-electron chi connectivity index (χ3n) is 4.80. The summed E-state index contributed by atoms with van der Waals surface area (Å²) in [4.78, 5) is 27.8. The summed E-state index contributed by atoms with van der Waals surface area (Å²) in [6.45, 7) is 0.524. The minimum absolute atomic E-state index is 0.0287. The number of ether oxygens (including phenoxy) is 1. The fourth-order valence-corrected chi connectivity index (χ4v) is 3.55. The smallest absolute Gasteiger partial charge is 0.248 e. The van der Waals surface area contributed by atoms with Crippen LogP contribution in [0.1, 0.15) is 18.2 Å². The lowest BCUT2D eigenvalue weighted by molar-refractivity contribution is -0.133. The zero-order chi connectivity index (χ0) is 21.1. The van der Waals surface area contributed by atoms with E-state index < -0.39 is 18.4 Å². The van der Waals surface area contributed by atoms with Crippen LogP contribution in [0.3, 0.4) is 0 Å². The second-order valence-electron chi connectivity index (χ2n) is 6.64. The van der Waals surface area contributed by atoms with Crippen LogP contribution < -0.4 is 10.6 Å². The molecule has 0 bridgehead atoms. The van der Waals surface area contributed by atoms with E-state index in [9.17, 15) is 4.79 Å². The Morgan fingerprint density at radius 3 is 2.93 bits per heavy atom. The number of imidazole rings is 1. The molecule has 0 unspecified atom stereocenters. The van der Waals surface area contributed by atoms with Gasteiger partial charge in [-0.15, -0.1) is 0 Å². The molecule has 0 radical (unpaired) electrons. The number of aromatic nitrogens is 4. The molecule has 3 atom stereocenters. The van der Waals surface area contributed by atoms with Crippen LogP contribution in [0.25, 0.3) is 21.6 Å². The second-order valence-corrected chi connectivity index (χ2v) is 6.98. The molecule has 1 amide bonds. The standard InChI is InChI=1S/C18H18ClN9O2/c1-21-16(29)12-7-11(26-27-20)17(30-12)28-9-23-13-14(24-18(19)25-15(13)28)22-8-10-5-3-2-4-6-10/h2-6,9,11-12,17H,7-8H2,1H3,(H,21,29)(H,22,24,25)/t11-,12-,17+/m0/s1. The summed E-state index contributed by atoms with van der Waals surface area (Å²) in [6.07, 6.45) is 0.258. The zero-order valence-corrected chi connectivity index (χ0v) is 16.7. The molecule has 30 heavy (non-hydrogen) atoms. The Hall–Kier alpha value is -3.40. The van der Waals surface area contributed by atoms with E-state index in [0.717, 1.165) is 5.56 Å². The average molecular weight is 428 g/mol. The number of hydrogen-bond donors (Lipinski definition) is 2. The third-order valence-corrected chi connectivity index (χ3v) is 4.97. The minimum atomic E-state index is -0.749. The van der Waals surface area contributed by atoms with Gasteiger partial charge in [0.15, 0.2) is 17.0 Å². The molecule has 0 saturated carbocycles. The van der Waals surface area contributed by atoms with Crippen LogP contribution >= 0.6 is 11.6 Å². The number of rotatable bonds is 6. The van der Waals surface area contributed by atoms with Gasteiger partial charge in [-0.2, -0.15) is 9.97 Å². The number of carbonyl (C=O) groups excluding carboxylic acids is 1. The van der Waals surface area contributed by atoms with Gasteiger partial charge in [0.2, 0.25) is 11.2 Å². The van der Waals surface area contributed by atoms with Gasteiger partial charge >= 0.3 is 0 Å². The number of likely N-dealkylation sites (N-methyl/N-ethyl adjacent to an activating group) is 1. The van der Waals surface area contributed by atoms with E-state index in [4.69, 9.17) is 21.9 Å². The van der Waals surface area contributed by atoms with Gasteiger partial charge in [0.1, 0.15) is 12.3 Å². The molecule has 154 valence electrons. The molecule has 12 heteroatoms. The van der Waals surface area contributed by atoms with Gasteiger partial charge in [0.05, 0.1) is 12.4 Å². The molecule has 2 N–H and O–H groups in total. The van der Waals surface area contributed by atoms with Crippen molar-refractivity contribution in [2.45, 2.75) is 31.3 Å². The molecule has 3 heterocycles. The predicted molar refractivity (Wildman–Crippen MR) is 110 cm³/mol. The van der Waals surface area contributed by atoms with Crippen LogP contribution in [0.2, 0.25) is 5.28 Å². The van der Waals surface area contributed by atoms with Crippen LogP contribution in [0.15, 0.2) is 41.8 Å². The molecule has 0 aliphatic carbocycles. The molecule has 3 aromatic rings. The topological polar surface area (TPSA) is 143 Å². The van der Waals surface area contributed by atoms with Crippen molar-refractivity contribution in [2.24, 2.45) is 5.11 Å².